The van der Waals surface area contributed by atoms with Gasteiger partial charge < -0.3 is 9.80 Å². The lowest BCUT2D eigenvalue weighted by molar-refractivity contribution is 0.0966. The van der Waals surface area contributed by atoms with Gasteiger partial charge in [-0.1, -0.05) is 30.3 Å². The highest BCUT2D eigenvalue weighted by molar-refractivity contribution is 5.62. The third-order valence-electron chi connectivity index (χ3n) is 6.07. The van der Waals surface area contributed by atoms with Gasteiger partial charge in [0.05, 0.1) is 0 Å². The van der Waals surface area contributed by atoms with Gasteiger partial charge in [-0.05, 0) is 55.1 Å². The molecule has 0 radical (unpaired) electrons. The van der Waals surface area contributed by atoms with Crippen LogP contribution < -0.4 is 0 Å². The van der Waals surface area contributed by atoms with Crippen molar-refractivity contribution in [3.8, 4) is 11.1 Å². The van der Waals surface area contributed by atoms with Crippen molar-refractivity contribution in [1.82, 2.24) is 19.7 Å². The summed E-state index contributed by atoms with van der Waals surface area (Å²) in [6, 6.07) is 13.2. The number of aromatic nitrogens is 1. The van der Waals surface area contributed by atoms with Gasteiger partial charge in [-0.15, -0.1) is 0 Å². The van der Waals surface area contributed by atoms with Gasteiger partial charge in [0.2, 0.25) is 0 Å². The number of likely N-dealkylation sites (tertiary alicyclic amines) is 1. The predicted molar refractivity (Wildman–Crippen MR) is 112 cm³/mol. The maximum absolute atomic E-state index is 4.22. The second-order valence-corrected chi connectivity index (χ2v) is 8.29. The molecule has 4 rings (SSSR count). The van der Waals surface area contributed by atoms with Crippen molar-refractivity contribution in [1.29, 1.82) is 0 Å². The molecule has 4 heteroatoms. The maximum Gasteiger partial charge on any atom is 0.0346 e. The summed E-state index contributed by atoms with van der Waals surface area (Å²) < 4.78 is 0. The monoisotopic (exact) mass is 364 g/mol. The van der Waals surface area contributed by atoms with Crippen LogP contribution in [0.2, 0.25) is 0 Å². The summed E-state index contributed by atoms with van der Waals surface area (Å²) in [4.78, 5) is 12.0. The lowest BCUT2D eigenvalue weighted by Gasteiger charge is -2.38. The Morgan fingerprint density at radius 2 is 1.74 bits per heavy atom. The molecule has 0 amide bonds. The lowest BCUT2D eigenvalue weighted by atomic mass is 9.96. The normalized spacial score (nSPS) is 22.8. The molecule has 1 aromatic carbocycles. The van der Waals surface area contributed by atoms with Crippen molar-refractivity contribution in [2.75, 3.05) is 52.9 Å². The number of hydrogen-bond acceptors (Lipinski definition) is 4. The highest BCUT2D eigenvalue weighted by Crippen LogP contribution is 2.22. The Kier molecular flexibility index (Phi) is 6.17. The van der Waals surface area contributed by atoms with E-state index in [0.29, 0.717) is 0 Å². The number of pyridine rings is 1. The molecule has 2 aliphatic heterocycles. The van der Waals surface area contributed by atoms with Crippen LogP contribution in [0.15, 0.2) is 48.8 Å². The Hall–Kier alpha value is -1.75. The zero-order chi connectivity index (χ0) is 18.5. The minimum Gasteiger partial charge on any atom is -0.304 e. The predicted octanol–water partition coefficient (Wildman–Crippen LogP) is 3.21. The summed E-state index contributed by atoms with van der Waals surface area (Å²) in [5.41, 5.74) is 3.86. The number of hydrogen-bond donors (Lipinski definition) is 0. The average molecular weight is 365 g/mol. The minimum atomic E-state index is 0.830. The molecule has 0 spiro atoms. The second kappa shape index (κ2) is 8.96. The van der Waals surface area contributed by atoms with Gasteiger partial charge in [0.15, 0.2) is 0 Å². The molecule has 2 aromatic rings. The molecule has 4 nitrogen and oxygen atoms in total. The Labute approximate surface area is 163 Å². The third-order valence-corrected chi connectivity index (χ3v) is 6.07. The Balaban J connectivity index is 1.30. The van der Waals surface area contributed by atoms with Crippen LogP contribution in [0.25, 0.3) is 11.1 Å². The molecule has 1 unspecified atom stereocenters. The van der Waals surface area contributed by atoms with Crippen molar-refractivity contribution in [3.63, 3.8) is 0 Å². The summed E-state index contributed by atoms with van der Waals surface area (Å²) in [5.74, 6) is 0.830. The van der Waals surface area contributed by atoms with Crippen molar-refractivity contribution in [2.24, 2.45) is 5.92 Å². The molecular formula is C23H32N4. The van der Waals surface area contributed by atoms with Gasteiger partial charge in [0, 0.05) is 58.2 Å². The SMILES string of the molecule is CN1CCN(CC2CCCN(Cc3ccc(-c4cccnc4)cc3)C2)CC1. The van der Waals surface area contributed by atoms with Crippen LogP contribution in [-0.4, -0.2) is 72.5 Å². The third kappa shape index (κ3) is 5.16. The molecule has 2 fully saturated rings. The van der Waals surface area contributed by atoms with Gasteiger partial charge in [0.25, 0.3) is 0 Å². The van der Waals surface area contributed by atoms with Crippen LogP contribution in [-0.2, 0) is 6.54 Å². The zero-order valence-electron chi connectivity index (χ0n) is 16.6. The van der Waals surface area contributed by atoms with E-state index in [4.69, 9.17) is 0 Å². The molecule has 1 atom stereocenters. The number of piperidine rings is 1. The van der Waals surface area contributed by atoms with E-state index in [-0.39, 0.29) is 0 Å². The van der Waals surface area contributed by atoms with E-state index in [0.717, 1.165) is 12.5 Å². The standard InChI is InChI=1S/C23H32N4/c1-25-12-14-26(15-13-25)18-21-4-3-11-27(19-21)17-20-6-8-22(9-7-20)23-5-2-10-24-16-23/h2,5-10,16,21H,3-4,11-15,17-19H2,1H3. The van der Waals surface area contributed by atoms with Crippen molar-refractivity contribution in [2.45, 2.75) is 19.4 Å². The van der Waals surface area contributed by atoms with E-state index in [9.17, 15) is 0 Å². The number of rotatable bonds is 5. The largest absolute Gasteiger partial charge is 0.304 e. The molecule has 2 aliphatic rings. The first-order valence-electron chi connectivity index (χ1n) is 10.4. The van der Waals surface area contributed by atoms with Crippen LogP contribution in [0.4, 0.5) is 0 Å². The van der Waals surface area contributed by atoms with E-state index >= 15 is 0 Å². The number of piperazine rings is 1. The fourth-order valence-corrected chi connectivity index (χ4v) is 4.43. The number of likely N-dealkylation sites (N-methyl/N-ethyl adjacent to an activating group) is 1. The highest BCUT2D eigenvalue weighted by atomic mass is 15.2. The fraction of sp³-hybridized carbons (Fsp3) is 0.522. The van der Waals surface area contributed by atoms with Crippen molar-refractivity contribution < 1.29 is 0 Å². The van der Waals surface area contributed by atoms with Gasteiger partial charge in [0.1, 0.15) is 0 Å². The van der Waals surface area contributed by atoms with Crippen molar-refractivity contribution >= 4 is 0 Å². The first-order chi connectivity index (χ1) is 13.3. The highest BCUT2D eigenvalue weighted by Gasteiger charge is 2.23. The fourth-order valence-electron chi connectivity index (χ4n) is 4.43. The molecule has 144 valence electrons. The zero-order valence-corrected chi connectivity index (χ0v) is 16.6. The Bertz CT molecular complexity index is 692. The topological polar surface area (TPSA) is 22.6 Å². The number of benzene rings is 1. The van der Waals surface area contributed by atoms with Gasteiger partial charge >= 0.3 is 0 Å². The van der Waals surface area contributed by atoms with Crippen LogP contribution in [0.1, 0.15) is 18.4 Å². The summed E-state index contributed by atoms with van der Waals surface area (Å²) in [6.45, 7) is 9.77. The van der Waals surface area contributed by atoms with E-state index in [2.05, 4.69) is 57.1 Å². The Morgan fingerprint density at radius 1 is 0.926 bits per heavy atom. The molecule has 1 aromatic heterocycles. The molecule has 2 saturated heterocycles. The van der Waals surface area contributed by atoms with Crippen LogP contribution in [0.5, 0.6) is 0 Å². The van der Waals surface area contributed by atoms with E-state index in [1.165, 1.54) is 75.3 Å². The first-order valence-corrected chi connectivity index (χ1v) is 10.4. The molecule has 27 heavy (non-hydrogen) atoms. The smallest absolute Gasteiger partial charge is 0.0346 e. The Morgan fingerprint density at radius 3 is 2.48 bits per heavy atom. The quantitative estimate of drug-likeness (QED) is 0.812. The summed E-state index contributed by atoms with van der Waals surface area (Å²) in [7, 11) is 2.24. The summed E-state index contributed by atoms with van der Waals surface area (Å²) in [6.07, 6.45) is 6.49. The average Bonchev–Trinajstić information content (AvgIpc) is 2.71. The van der Waals surface area contributed by atoms with Gasteiger partial charge in [-0.3, -0.25) is 9.88 Å². The first kappa shape index (κ1) is 18.6. The molecule has 0 aliphatic carbocycles. The summed E-state index contributed by atoms with van der Waals surface area (Å²) >= 11 is 0. The van der Waals surface area contributed by atoms with Gasteiger partial charge in [-0.2, -0.15) is 0 Å². The maximum atomic E-state index is 4.22. The molecule has 0 N–H and O–H groups in total. The number of nitrogens with zero attached hydrogens (tertiary/aromatic N) is 4. The molecule has 0 bridgehead atoms. The van der Waals surface area contributed by atoms with Gasteiger partial charge in [-0.25, -0.2) is 0 Å². The minimum absolute atomic E-state index is 0.830. The summed E-state index contributed by atoms with van der Waals surface area (Å²) in [5, 5.41) is 0. The van der Waals surface area contributed by atoms with E-state index in [1.807, 2.05) is 18.5 Å². The molecule has 3 heterocycles. The van der Waals surface area contributed by atoms with E-state index < -0.39 is 0 Å². The molecular weight excluding hydrogens is 332 g/mol. The van der Waals surface area contributed by atoms with E-state index in [1.54, 1.807) is 0 Å². The lowest BCUT2D eigenvalue weighted by Crippen LogP contribution is -2.48. The van der Waals surface area contributed by atoms with Crippen LogP contribution in [0.3, 0.4) is 0 Å². The molecule has 0 saturated carbocycles. The second-order valence-electron chi connectivity index (χ2n) is 8.29. The van der Waals surface area contributed by atoms with Crippen molar-refractivity contribution in [3.05, 3.63) is 54.4 Å². The van der Waals surface area contributed by atoms with Crippen LogP contribution >= 0.6 is 0 Å². The van der Waals surface area contributed by atoms with Crippen LogP contribution in [0, 0.1) is 5.92 Å².